The van der Waals surface area contributed by atoms with Crippen LogP contribution in [0, 0.1) is 0 Å². The third kappa shape index (κ3) is 6.15. The monoisotopic (exact) mass is 329 g/mol. The zero-order valence-electron chi connectivity index (χ0n) is 8.53. The van der Waals surface area contributed by atoms with Crippen LogP contribution in [-0.2, 0) is 4.79 Å². The van der Waals surface area contributed by atoms with E-state index < -0.39 is 12.1 Å². The Morgan fingerprint density at radius 2 is 1.94 bits per heavy atom. The van der Waals surface area contributed by atoms with E-state index in [-0.39, 0.29) is 5.91 Å². The zero-order valence-corrected chi connectivity index (χ0v) is 10.1. The standard InChI is InChI=1S/C6H6BrN3O.C2HF3O2/c7-5-3-4(1-2-9-5)6(11)10-8;3-2(4,5)1(6)7/h1-3H,8H2,(H,10,11);(H,6,7). The molecule has 0 fully saturated rings. The van der Waals surface area contributed by atoms with Crippen LogP contribution in [0.5, 0.6) is 0 Å². The molecule has 0 aliphatic heterocycles. The summed E-state index contributed by atoms with van der Waals surface area (Å²) in [7, 11) is 0. The molecule has 0 atom stereocenters. The van der Waals surface area contributed by atoms with Crippen LogP contribution < -0.4 is 11.3 Å². The Hall–Kier alpha value is -1.68. The summed E-state index contributed by atoms with van der Waals surface area (Å²) in [5.74, 6) is 1.84. The number of nitrogen functional groups attached to an aromatic ring is 1. The lowest BCUT2D eigenvalue weighted by Crippen LogP contribution is -2.29. The van der Waals surface area contributed by atoms with Crippen LogP contribution in [-0.4, -0.2) is 28.1 Å². The van der Waals surface area contributed by atoms with E-state index in [0.29, 0.717) is 10.2 Å². The first kappa shape index (κ1) is 16.3. The molecule has 0 bridgehead atoms. The molecule has 0 spiro atoms. The number of nitrogens with two attached hydrogens (primary N) is 1. The Morgan fingerprint density at radius 3 is 2.28 bits per heavy atom. The van der Waals surface area contributed by atoms with Gasteiger partial charge in [0.15, 0.2) is 0 Å². The van der Waals surface area contributed by atoms with Crippen LogP contribution in [0.15, 0.2) is 22.9 Å². The Labute approximate surface area is 107 Å². The number of halogens is 4. The van der Waals surface area contributed by atoms with Crippen molar-refractivity contribution in [3.8, 4) is 0 Å². The normalized spacial score (nSPS) is 10.1. The van der Waals surface area contributed by atoms with Gasteiger partial charge in [-0.3, -0.25) is 10.2 Å². The van der Waals surface area contributed by atoms with Gasteiger partial charge in [-0.1, -0.05) is 0 Å². The van der Waals surface area contributed by atoms with Crippen molar-refractivity contribution in [2.75, 3.05) is 0 Å². The number of hydrazine groups is 1. The third-order valence-corrected chi connectivity index (χ3v) is 1.80. The fraction of sp³-hybridized carbons (Fsp3) is 0.125. The van der Waals surface area contributed by atoms with Gasteiger partial charge in [-0.2, -0.15) is 13.2 Å². The molecule has 1 amide bonds. The molecule has 0 aliphatic rings. The number of pyridine rings is 1. The summed E-state index contributed by atoms with van der Waals surface area (Å²) in [6.07, 6.45) is -3.56. The molecule has 1 aromatic heterocycles. The Balaban J connectivity index is 0.000000360. The SMILES string of the molecule is NNC(=O)c1ccnc(Br)c1.O=C(O)C(F)(F)F. The molecule has 1 heterocycles. The Kier molecular flexibility index (Phi) is 6.27. The number of rotatable bonds is 1. The molecule has 0 saturated heterocycles. The number of aromatic nitrogens is 1. The molecule has 0 radical (unpaired) electrons. The molecule has 0 aromatic carbocycles. The lowest BCUT2D eigenvalue weighted by molar-refractivity contribution is -0.192. The van der Waals surface area contributed by atoms with Crippen LogP contribution in [0.4, 0.5) is 13.2 Å². The number of carboxylic acids is 1. The van der Waals surface area contributed by atoms with E-state index in [4.69, 9.17) is 15.7 Å². The number of hydrogen-bond acceptors (Lipinski definition) is 4. The highest BCUT2D eigenvalue weighted by Crippen LogP contribution is 2.13. The third-order valence-electron chi connectivity index (χ3n) is 1.36. The summed E-state index contributed by atoms with van der Waals surface area (Å²) in [5.41, 5.74) is 2.50. The topological polar surface area (TPSA) is 105 Å². The minimum atomic E-state index is -5.08. The average Bonchev–Trinajstić information content (AvgIpc) is 2.27. The minimum Gasteiger partial charge on any atom is -0.475 e. The fourth-order valence-electron chi connectivity index (χ4n) is 0.627. The quantitative estimate of drug-likeness (QED) is 0.309. The summed E-state index contributed by atoms with van der Waals surface area (Å²) in [5, 5.41) is 7.12. The Bertz CT molecular complexity index is 439. The largest absolute Gasteiger partial charge is 0.490 e. The molecule has 0 unspecified atom stereocenters. The van der Waals surface area contributed by atoms with Crippen LogP contribution in [0.3, 0.4) is 0 Å². The molecule has 0 aliphatic carbocycles. The average molecular weight is 330 g/mol. The number of amides is 1. The van der Waals surface area contributed by atoms with Gasteiger partial charge in [-0.25, -0.2) is 15.6 Å². The van der Waals surface area contributed by atoms with Crippen LogP contribution >= 0.6 is 15.9 Å². The van der Waals surface area contributed by atoms with Crippen molar-refractivity contribution in [3.63, 3.8) is 0 Å². The highest BCUT2D eigenvalue weighted by atomic mass is 79.9. The highest BCUT2D eigenvalue weighted by Gasteiger charge is 2.38. The number of carboxylic acid groups (broad SMARTS) is 1. The number of aliphatic carboxylic acids is 1. The van der Waals surface area contributed by atoms with Gasteiger partial charge in [0.05, 0.1) is 0 Å². The second-order valence-electron chi connectivity index (χ2n) is 2.64. The molecule has 1 aromatic rings. The van der Waals surface area contributed by atoms with Crippen molar-refractivity contribution in [1.82, 2.24) is 10.4 Å². The first-order valence-corrected chi connectivity index (χ1v) is 4.90. The second kappa shape index (κ2) is 6.91. The highest BCUT2D eigenvalue weighted by molar-refractivity contribution is 9.10. The molecular weight excluding hydrogens is 323 g/mol. The van der Waals surface area contributed by atoms with Gasteiger partial charge >= 0.3 is 12.1 Å². The van der Waals surface area contributed by atoms with E-state index in [1.165, 1.54) is 6.20 Å². The van der Waals surface area contributed by atoms with Gasteiger partial charge in [-0.05, 0) is 28.1 Å². The molecule has 10 heteroatoms. The van der Waals surface area contributed by atoms with Crippen molar-refractivity contribution < 1.29 is 27.9 Å². The van der Waals surface area contributed by atoms with Gasteiger partial charge in [0, 0.05) is 11.8 Å². The van der Waals surface area contributed by atoms with Crippen molar-refractivity contribution in [1.29, 1.82) is 0 Å². The zero-order chi connectivity index (χ0) is 14.3. The van der Waals surface area contributed by atoms with Crippen molar-refractivity contribution in [2.24, 2.45) is 5.84 Å². The van der Waals surface area contributed by atoms with Gasteiger partial charge < -0.3 is 5.11 Å². The first-order valence-electron chi connectivity index (χ1n) is 4.11. The van der Waals surface area contributed by atoms with E-state index >= 15 is 0 Å². The summed E-state index contributed by atoms with van der Waals surface area (Å²) in [6.45, 7) is 0. The molecule has 1 rings (SSSR count). The molecule has 4 N–H and O–H groups in total. The maximum atomic E-state index is 10.9. The summed E-state index contributed by atoms with van der Waals surface area (Å²) >= 11 is 3.13. The van der Waals surface area contributed by atoms with Crippen molar-refractivity contribution in [3.05, 3.63) is 28.5 Å². The van der Waals surface area contributed by atoms with Gasteiger partial charge in [0.25, 0.3) is 5.91 Å². The maximum Gasteiger partial charge on any atom is 0.490 e. The predicted molar refractivity (Wildman–Crippen MR) is 57.3 cm³/mol. The van der Waals surface area contributed by atoms with Crippen LogP contribution in [0.25, 0.3) is 0 Å². The lowest BCUT2D eigenvalue weighted by atomic mass is 10.3. The van der Waals surface area contributed by atoms with Crippen LogP contribution in [0.2, 0.25) is 0 Å². The Morgan fingerprint density at radius 1 is 1.44 bits per heavy atom. The number of carbonyl (C=O) groups is 2. The van der Waals surface area contributed by atoms with E-state index in [1.807, 2.05) is 5.43 Å². The smallest absolute Gasteiger partial charge is 0.475 e. The molecule has 6 nitrogen and oxygen atoms in total. The van der Waals surface area contributed by atoms with Gasteiger partial charge in [0.1, 0.15) is 4.60 Å². The summed E-state index contributed by atoms with van der Waals surface area (Å²) < 4.78 is 32.3. The summed E-state index contributed by atoms with van der Waals surface area (Å²) in [6, 6.07) is 3.16. The second-order valence-corrected chi connectivity index (χ2v) is 3.46. The predicted octanol–water partition coefficient (Wildman–Crippen LogP) is 1.08. The van der Waals surface area contributed by atoms with E-state index in [9.17, 15) is 18.0 Å². The summed E-state index contributed by atoms with van der Waals surface area (Å²) in [4.78, 5) is 23.6. The molecular formula is C8H7BrF3N3O3. The van der Waals surface area contributed by atoms with E-state index in [2.05, 4.69) is 20.9 Å². The fourth-order valence-corrected chi connectivity index (χ4v) is 0.992. The number of nitrogens with one attached hydrogen (secondary N) is 1. The maximum absolute atomic E-state index is 10.9. The number of nitrogens with zero attached hydrogens (tertiary/aromatic N) is 1. The van der Waals surface area contributed by atoms with Crippen LogP contribution in [0.1, 0.15) is 10.4 Å². The van der Waals surface area contributed by atoms with E-state index in [1.54, 1.807) is 12.1 Å². The number of alkyl halides is 3. The van der Waals surface area contributed by atoms with Crippen molar-refractivity contribution in [2.45, 2.75) is 6.18 Å². The number of hydrogen-bond donors (Lipinski definition) is 3. The molecule has 18 heavy (non-hydrogen) atoms. The molecule has 0 saturated carbocycles. The van der Waals surface area contributed by atoms with Crippen molar-refractivity contribution >= 4 is 27.8 Å². The number of carbonyl (C=O) groups excluding carboxylic acids is 1. The first-order chi connectivity index (χ1) is 8.18. The minimum absolute atomic E-state index is 0.326. The lowest BCUT2D eigenvalue weighted by Gasteiger charge is -1.97. The van der Waals surface area contributed by atoms with E-state index in [0.717, 1.165) is 0 Å². The van der Waals surface area contributed by atoms with Gasteiger partial charge in [-0.15, -0.1) is 0 Å². The van der Waals surface area contributed by atoms with Gasteiger partial charge in [0.2, 0.25) is 0 Å². The molecule has 100 valence electrons.